The number of hydrogen-bond acceptors (Lipinski definition) is 3. The zero-order valence-corrected chi connectivity index (χ0v) is 12.4. The molecule has 1 saturated heterocycles. The summed E-state index contributed by atoms with van der Waals surface area (Å²) in [7, 11) is 0. The Labute approximate surface area is 115 Å². The molecule has 2 aliphatic rings. The normalized spacial score (nSPS) is 25.8. The van der Waals surface area contributed by atoms with E-state index in [1.807, 2.05) is 11.3 Å². The summed E-state index contributed by atoms with van der Waals surface area (Å²) < 4.78 is 1.29. The van der Waals surface area contributed by atoms with E-state index in [4.69, 9.17) is 0 Å². The van der Waals surface area contributed by atoms with E-state index >= 15 is 0 Å². The lowest BCUT2D eigenvalue weighted by Crippen LogP contribution is -2.44. The van der Waals surface area contributed by atoms with Crippen LogP contribution in [-0.2, 0) is 6.42 Å². The molecular formula is C13H19BrN2S. The van der Waals surface area contributed by atoms with Gasteiger partial charge in [0.25, 0.3) is 0 Å². The Balaban J connectivity index is 1.71. The summed E-state index contributed by atoms with van der Waals surface area (Å²) in [5.74, 6) is 0. The maximum Gasteiger partial charge on any atom is 0.0704 e. The molecular weight excluding hydrogens is 296 g/mol. The van der Waals surface area contributed by atoms with Gasteiger partial charge in [-0.15, -0.1) is 11.3 Å². The van der Waals surface area contributed by atoms with Gasteiger partial charge >= 0.3 is 0 Å². The number of nitrogens with one attached hydrogen (secondary N) is 1. The second-order valence-corrected chi connectivity index (χ2v) is 7.57. The first-order valence-corrected chi connectivity index (χ1v) is 8.23. The molecule has 2 nitrogen and oxygen atoms in total. The van der Waals surface area contributed by atoms with Crippen molar-refractivity contribution in [2.24, 2.45) is 0 Å². The number of piperidine rings is 1. The van der Waals surface area contributed by atoms with Gasteiger partial charge in [-0.1, -0.05) is 6.42 Å². The molecule has 94 valence electrons. The summed E-state index contributed by atoms with van der Waals surface area (Å²) in [6.45, 7) is 2.44. The van der Waals surface area contributed by atoms with Crippen LogP contribution in [0.1, 0.15) is 48.6 Å². The molecule has 1 fully saturated rings. The Morgan fingerprint density at radius 1 is 1.24 bits per heavy atom. The first kappa shape index (κ1) is 12.2. The van der Waals surface area contributed by atoms with E-state index < -0.39 is 0 Å². The van der Waals surface area contributed by atoms with Gasteiger partial charge in [-0.2, -0.15) is 0 Å². The standard InChI is InChI=1S/C13H19BrN2S/c14-13-9-10-11(5-4-6-12(10)17-13)15-16-7-2-1-3-8-16/h9,11,15H,1-8H2. The lowest BCUT2D eigenvalue weighted by Gasteiger charge is -2.33. The first-order valence-electron chi connectivity index (χ1n) is 6.62. The molecule has 1 aromatic rings. The van der Waals surface area contributed by atoms with Crippen LogP contribution < -0.4 is 5.43 Å². The van der Waals surface area contributed by atoms with Gasteiger partial charge in [-0.3, -0.25) is 0 Å². The van der Waals surface area contributed by atoms with Gasteiger partial charge in [0.1, 0.15) is 0 Å². The summed E-state index contributed by atoms with van der Waals surface area (Å²) in [6, 6.07) is 2.88. The van der Waals surface area contributed by atoms with Crippen molar-refractivity contribution in [1.82, 2.24) is 10.4 Å². The van der Waals surface area contributed by atoms with Crippen molar-refractivity contribution in [3.63, 3.8) is 0 Å². The zero-order chi connectivity index (χ0) is 11.7. The van der Waals surface area contributed by atoms with Gasteiger partial charge in [0.15, 0.2) is 0 Å². The molecule has 2 heterocycles. The number of nitrogens with zero attached hydrogens (tertiary/aromatic N) is 1. The lowest BCUT2D eigenvalue weighted by molar-refractivity contribution is 0.122. The number of fused-ring (bicyclic) bond motifs is 1. The third-order valence-corrected chi connectivity index (χ3v) is 5.49. The topological polar surface area (TPSA) is 15.3 Å². The molecule has 0 saturated carbocycles. The van der Waals surface area contributed by atoms with E-state index in [1.54, 1.807) is 10.4 Å². The van der Waals surface area contributed by atoms with E-state index in [0.29, 0.717) is 6.04 Å². The van der Waals surface area contributed by atoms with Gasteiger partial charge in [0.2, 0.25) is 0 Å². The van der Waals surface area contributed by atoms with Crippen molar-refractivity contribution in [3.8, 4) is 0 Å². The van der Waals surface area contributed by atoms with Crippen LogP contribution in [0.5, 0.6) is 0 Å². The maximum absolute atomic E-state index is 3.75. The minimum absolute atomic E-state index is 0.555. The van der Waals surface area contributed by atoms with Crippen LogP contribution in [0.3, 0.4) is 0 Å². The summed E-state index contributed by atoms with van der Waals surface area (Å²) in [6.07, 6.45) is 7.97. The van der Waals surface area contributed by atoms with Crippen LogP contribution in [0, 0.1) is 0 Å². The van der Waals surface area contributed by atoms with Crippen molar-refractivity contribution >= 4 is 27.3 Å². The molecule has 1 unspecified atom stereocenters. The summed E-state index contributed by atoms with van der Waals surface area (Å²) >= 11 is 5.54. The monoisotopic (exact) mass is 314 g/mol. The zero-order valence-electron chi connectivity index (χ0n) is 10.0. The van der Waals surface area contributed by atoms with Crippen LogP contribution in [0.25, 0.3) is 0 Å². The van der Waals surface area contributed by atoms with Crippen LogP contribution in [-0.4, -0.2) is 18.1 Å². The van der Waals surface area contributed by atoms with Crippen LogP contribution in [0.2, 0.25) is 0 Å². The molecule has 1 aliphatic heterocycles. The van der Waals surface area contributed by atoms with Crippen molar-refractivity contribution < 1.29 is 0 Å². The molecule has 1 atom stereocenters. The predicted molar refractivity (Wildman–Crippen MR) is 76.3 cm³/mol. The predicted octanol–water partition coefficient (Wildman–Crippen LogP) is 3.88. The highest BCUT2D eigenvalue weighted by molar-refractivity contribution is 9.11. The molecule has 17 heavy (non-hydrogen) atoms. The summed E-state index contributed by atoms with van der Waals surface area (Å²) in [4.78, 5) is 1.58. The highest BCUT2D eigenvalue weighted by Crippen LogP contribution is 2.38. The van der Waals surface area contributed by atoms with Crippen LogP contribution in [0.4, 0.5) is 0 Å². The summed E-state index contributed by atoms with van der Waals surface area (Å²) in [5, 5.41) is 2.44. The maximum atomic E-state index is 3.75. The van der Waals surface area contributed by atoms with Gasteiger partial charge in [0, 0.05) is 24.0 Å². The average Bonchev–Trinajstić information content (AvgIpc) is 2.72. The third kappa shape index (κ3) is 2.75. The van der Waals surface area contributed by atoms with Gasteiger partial charge in [-0.25, -0.2) is 10.4 Å². The Kier molecular flexibility index (Phi) is 3.85. The largest absolute Gasteiger partial charge is 0.248 e. The Morgan fingerprint density at radius 2 is 2.06 bits per heavy atom. The Hall–Kier alpha value is 0.1000. The minimum Gasteiger partial charge on any atom is -0.248 e. The molecule has 0 bridgehead atoms. The number of halogens is 1. The van der Waals surface area contributed by atoms with Gasteiger partial charge < -0.3 is 0 Å². The molecule has 4 heteroatoms. The molecule has 0 amide bonds. The number of thiophene rings is 1. The molecule has 3 rings (SSSR count). The van der Waals surface area contributed by atoms with Gasteiger partial charge in [0.05, 0.1) is 3.79 Å². The van der Waals surface area contributed by atoms with E-state index in [0.717, 1.165) is 0 Å². The number of hydrogen-bond donors (Lipinski definition) is 1. The lowest BCUT2D eigenvalue weighted by atomic mass is 9.94. The van der Waals surface area contributed by atoms with E-state index in [-0.39, 0.29) is 0 Å². The van der Waals surface area contributed by atoms with E-state index in [2.05, 4.69) is 32.4 Å². The van der Waals surface area contributed by atoms with Crippen molar-refractivity contribution in [2.45, 2.75) is 44.6 Å². The van der Waals surface area contributed by atoms with Crippen molar-refractivity contribution in [1.29, 1.82) is 0 Å². The molecule has 0 aromatic carbocycles. The van der Waals surface area contributed by atoms with Crippen molar-refractivity contribution in [3.05, 3.63) is 20.3 Å². The Morgan fingerprint density at radius 3 is 2.88 bits per heavy atom. The number of rotatable bonds is 2. The van der Waals surface area contributed by atoms with Crippen LogP contribution in [0.15, 0.2) is 9.85 Å². The Bertz CT molecular complexity index is 385. The molecule has 1 N–H and O–H groups in total. The molecule has 1 aromatic heterocycles. The smallest absolute Gasteiger partial charge is 0.0704 e. The summed E-state index contributed by atoms with van der Waals surface area (Å²) in [5.41, 5.74) is 5.29. The van der Waals surface area contributed by atoms with E-state index in [1.165, 1.54) is 55.4 Å². The molecule has 0 spiro atoms. The molecule has 1 aliphatic carbocycles. The fourth-order valence-electron chi connectivity index (χ4n) is 2.90. The minimum atomic E-state index is 0.555. The SMILES string of the molecule is Brc1cc2c(s1)CCCC2NN1CCCCC1. The highest BCUT2D eigenvalue weighted by Gasteiger charge is 2.24. The average molecular weight is 315 g/mol. The number of aryl methyl sites for hydroxylation is 1. The fourth-order valence-corrected chi connectivity index (χ4v) is 4.72. The van der Waals surface area contributed by atoms with E-state index in [9.17, 15) is 0 Å². The number of hydrazine groups is 1. The van der Waals surface area contributed by atoms with Crippen molar-refractivity contribution in [2.75, 3.05) is 13.1 Å². The second kappa shape index (κ2) is 5.39. The van der Waals surface area contributed by atoms with Gasteiger partial charge in [-0.05, 0) is 59.7 Å². The first-order chi connectivity index (χ1) is 8.33. The quantitative estimate of drug-likeness (QED) is 0.891. The third-order valence-electron chi connectivity index (χ3n) is 3.78. The van der Waals surface area contributed by atoms with Crippen LogP contribution >= 0.6 is 27.3 Å². The highest BCUT2D eigenvalue weighted by atomic mass is 79.9. The second-order valence-electron chi connectivity index (χ2n) is 5.05. The molecule has 0 radical (unpaired) electrons. The fraction of sp³-hybridized carbons (Fsp3) is 0.692.